The number of hydrogen-bond acceptors (Lipinski definition) is 4. The molecule has 1 aromatic carbocycles. The van der Waals surface area contributed by atoms with E-state index in [1.165, 1.54) is 12.1 Å². The van der Waals surface area contributed by atoms with Crippen LogP contribution in [0.4, 0.5) is 5.69 Å². The standard InChI is InChI=1S/C12H19N3O3S/c1-8(2)15-12(16)7-14-19(17,18)10-5-4-9(3)11(13)6-10/h4-6,8,14H,7,13H2,1-3H3,(H,15,16). The maximum absolute atomic E-state index is 11.9. The van der Waals surface area contributed by atoms with E-state index in [1.807, 2.05) is 0 Å². The van der Waals surface area contributed by atoms with Crippen LogP contribution in [-0.4, -0.2) is 26.9 Å². The minimum absolute atomic E-state index is 0.0352. The first-order chi connectivity index (χ1) is 8.72. The predicted molar refractivity (Wildman–Crippen MR) is 74.1 cm³/mol. The molecule has 0 aromatic heterocycles. The third kappa shape index (κ3) is 4.53. The van der Waals surface area contributed by atoms with Gasteiger partial charge >= 0.3 is 0 Å². The van der Waals surface area contributed by atoms with Gasteiger partial charge in [0.2, 0.25) is 15.9 Å². The molecule has 0 saturated heterocycles. The summed E-state index contributed by atoms with van der Waals surface area (Å²) in [6.07, 6.45) is 0. The molecule has 7 heteroatoms. The molecule has 4 N–H and O–H groups in total. The third-order valence-electron chi connectivity index (χ3n) is 2.43. The normalized spacial score (nSPS) is 11.6. The lowest BCUT2D eigenvalue weighted by molar-refractivity contribution is -0.120. The molecule has 0 fully saturated rings. The summed E-state index contributed by atoms with van der Waals surface area (Å²) in [6, 6.07) is 4.41. The van der Waals surface area contributed by atoms with E-state index in [0.29, 0.717) is 5.69 Å². The molecule has 0 aliphatic carbocycles. The Morgan fingerprint density at radius 2 is 2.00 bits per heavy atom. The van der Waals surface area contributed by atoms with Crippen molar-refractivity contribution in [1.29, 1.82) is 0 Å². The predicted octanol–water partition coefficient (Wildman–Crippen LogP) is 0.380. The number of carbonyl (C=O) groups excluding carboxylic acids is 1. The van der Waals surface area contributed by atoms with Crippen molar-refractivity contribution in [3.8, 4) is 0 Å². The number of rotatable bonds is 5. The largest absolute Gasteiger partial charge is 0.398 e. The van der Waals surface area contributed by atoms with E-state index in [2.05, 4.69) is 10.0 Å². The van der Waals surface area contributed by atoms with Crippen LogP contribution in [0.15, 0.2) is 23.1 Å². The highest BCUT2D eigenvalue weighted by atomic mass is 32.2. The van der Waals surface area contributed by atoms with Gasteiger partial charge in [0.25, 0.3) is 0 Å². The number of nitrogens with two attached hydrogens (primary N) is 1. The molecule has 0 atom stereocenters. The van der Waals surface area contributed by atoms with Gasteiger partial charge in [0.15, 0.2) is 0 Å². The zero-order valence-corrected chi connectivity index (χ0v) is 12.0. The van der Waals surface area contributed by atoms with Crippen molar-refractivity contribution >= 4 is 21.6 Å². The lowest BCUT2D eigenvalue weighted by atomic mass is 10.2. The molecular weight excluding hydrogens is 266 g/mol. The number of nitrogen functional groups attached to an aromatic ring is 1. The first-order valence-electron chi connectivity index (χ1n) is 5.87. The fourth-order valence-electron chi connectivity index (χ4n) is 1.40. The molecule has 0 bridgehead atoms. The van der Waals surface area contributed by atoms with Crippen molar-refractivity contribution in [1.82, 2.24) is 10.0 Å². The Hall–Kier alpha value is -1.60. The van der Waals surface area contributed by atoms with Crippen LogP contribution in [0.1, 0.15) is 19.4 Å². The summed E-state index contributed by atoms with van der Waals surface area (Å²) < 4.78 is 26.1. The molecule has 19 heavy (non-hydrogen) atoms. The Balaban J connectivity index is 2.76. The van der Waals surface area contributed by atoms with E-state index < -0.39 is 10.0 Å². The summed E-state index contributed by atoms with van der Waals surface area (Å²) in [5, 5.41) is 2.60. The highest BCUT2D eigenvalue weighted by Crippen LogP contribution is 2.16. The van der Waals surface area contributed by atoms with E-state index in [9.17, 15) is 13.2 Å². The van der Waals surface area contributed by atoms with Crippen LogP contribution in [0.25, 0.3) is 0 Å². The zero-order chi connectivity index (χ0) is 14.6. The first-order valence-corrected chi connectivity index (χ1v) is 7.36. The van der Waals surface area contributed by atoms with Crippen LogP contribution in [0.5, 0.6) is 0 Å². The van der Waals surface area contributed by atoms with Gasteiger partial charge in [-0.3, -0.25) is 4.79 Å². The number of anilines is 1. The SMILES string of the molecule is Cc1ccc(S(=O)(=O)NCC(=O)NC(C)C)cc1N. The highest BCUT2D eigenvalue weighted by Gasteiger charge is 2.16. The molecule has 0 aliphatic heterocycles. The van der Waals surface area contributed by atoms with Crippen LogP contribution in [0.3, 0.4) is 0 Å². The van der Waals surface area contributed by atoms with Crippen LogP contribution in [0.2, 0.25) is 0 Å². The van der Waals surface area contributed by atoms with Crippen LogP contribution in [0, 0.1) is 6.92 Å². The van der Waals surface area contributed by atoms with Gasteiger partial charge < -0.3 is 11.1 Å². The van der Waals surface area contributed by atoms with Crippen molar-refractivity contribution in [2.45, 2.75) is 31.7 Å². The summed E-state index contributed by atoms with van der Waals surface area (Å²) in [5.74, 6) is -0.376. The van der Waals surface area contributed by atoms with Gasteiger partial charge in [-0.05, 0) is 38.5 Å². The lowest BCUT2D eigenvalue weighted by Crippen LogP contribution is -2.39. The Morgan fingerprint density at radius 3 is 2.53 bits per heavy atom. The first kappa shape index (κ1) is 15.5. The Bertz CT molecular complexity index is 568. The van der Waals surface area contributed by atoms with Gasteiger partial charge in [-0.25, -0.2) is 13.1 Å². The van der Waals surface area contributed by atoms with Crippen molar-refractivity contribution in [3.63, 3.8) is 0 Å². The van der Waals surface area contributed by atoms with Crippen LogP contribution in [-0.2, 0) is 14.8 Å². The number of carbonyl (C=O) groups is 1. The Labute approximate surface area is 113 Å². The van der Waals surface area contributed by atoms with Gasteiger partial charge in [0.05, 0.1) is 11.4 Å². The second-order valence-corrected chi connectivity index (χ2v) is 6.33. The van der Waals surface area contributed by atoms with Gasteiger partial charge in [0, 0.05) is 11.7 Å². The van der Waals surface area contributed by atoms with Gasteiger partial charge in [-0.15, -0.1) is 0 Å². The highest BCUT2D eigenvalue weighted by molar-refractivity contribution is 7.89. The molecule has 1 amide bonds. The minimum atomic E-state index is -3.72. The quantitative estimate of drug-likeness (QED) is 0.681. The minimum Gasteiger partial charge on any atom is -0.398 e. The van der Waals surface area contributed by atoms with Gasteiger partial charge in [0.1, 0.15) is 0 Å². The van der Waals surface area contributed by atoms with Crippen molar-refractivity contribution < 1.29 is 13.2 Å². The Kier molecular flexibility index (Phi) is 4.90. The maximum Gasteiger partial charge on any atom is 0.241 e. The lowest BCUT2D eigenvalue weighted by Gasteiger charge is -2.10. The number of aryl methyl sites for hydroxylation is 1. The molecule has 6 nitrogen and oxygen atoms in total. The molecule has 0 heterocycles. The molecule has 0 unspecified atom stereocenters. The summed E-state index contributed by atoms with van der Waals surface area (Å²) in [5.41, 5.74) is 6.87. The molecule has 1 aromatic rings. The monoisotopic (exact) mass is 285 g/mol. The number of nitrogens with one attached hydrogen (secondary N) is 2. The number of hydrogen-bond donors (Lipinski definition) is 3. The molecule has 0 radical (unpaired) electrons. The average molecular weight is 285 g/mol. The fraction of sp³-hybridized carbons (Fsp3) is 0.417. The second kappa shape index (κ2) is 6.03. The van der Waals surface area contributed by atoms with Gasteiger partial charge in [-0.2, -0.15) is 0 Å². The van der Waals surface area contributed by atoms with Gasteiger partial charge in [-0.1, -0.05) is 6.07 Å². The summed E-state index contributed by atoms with van der Waals surface area (Å²) in [7, 11) is -3.72. The Morgan fingerprint density at radius 1 is 1.37 bits per heavy atom. The topological polar surface area (TPSA) is 101 Å². The van der Waals surface area contributed by atoms with E-state index in [4.69, 9.17) is 5.73 Å². The third-order valence-corrected chi connectivity index (χ3v) is 3.83. The molecular formula is C12H19N3O3S. The summed E-state index contributed by atoms with van der Waals surface area (Å²) >= 11 is 0. The average Bonchev–Trinajstić information content (AvgIpc) is 2.29. The molecule has 1 rings (SSSR count). The van der Waals surface area contributed by atoms with E-state index >= 15 is 0 Å². The number of benzene rings is 1. The van der Waals surface area contributed by atoms with Crippen LogP contribution >= 0.6 is 0 Å². The summed E-state index contributed by atoms with van der Waals surface area (Å²) in [6.45, 7) is 5.09. The molecule has 0 aliphatic rings. The van der Waals surface area contributed by atoms with Crippen molar-refractivity contribution in [2.75, 3.05) is 12.3 Å². The van der Waals surface area contributed by atoms with E-state index in [1.54, 1.807) is 26.8 Å². The molecule has 0 spiro atoms. The van der Waals surface area contributed by atoms with E-state index in [-0.39, 0.29) is 23.4 Å². The second-order valence-electron chi connectivity index (χ2n) is 4.57. The molecule has 0 saturated carbocycles. The zero-order valence-electron chi connectivity index (χ0n) is 11.2. The van der Waals surface area contributed by atoms with Crippen molar-refractivity contribution in [3.05, 3.63) is 23.8 Å². The number of amides is 1. The smallest absolute Gasteiger partial charge is 0.241 e. The maximum atomic E-state index is 11.9. The number of sulfonamides is 1. The van der Waals surface area contributed by atoms with Crippen molar-refractivity contribution in [2.24, 2.45) is 0 Å². The molecule has 106 valence electrons. The fourth-order valence-corrected chi connectivity index (χ4v) is 2.42. The van der Waals surface area contributed by atoms with E-state index in [0.717, 1.165) is 5.56 Å². The summed E-state index contributed by atoms with van der Waals surface area (Å²) in [4.78, 5) is 11.4. The van der Waals surface area contributed by atoms with Crippen LogP contribution < -0.4 is 15.8 Å².